The molecular formula is C12H11BrFN3O2. The van der Waals surface area contributed by atoms with Crippen molar-refractivity contribution in [3.63, 3.8) is 0 Å². The van der Waals surface area contributed by atoms with Gasteiger partial charge in [-0.05, 0) is 40.5 Å². The monoisotopic (exact) mass is 327 g/mol. The van der Waals surface area contributed by atoms with E-state index in [2.05, 4.69) is 26.0 Å². The summed E-state index contributed by atoms with van der Waals surface area (Å²) in [6, 6.07) is 4.12. The van der Waals surface area contributed by atoms with E-state index in [0.717, 1.165) is 6.42 Å². The Balaban J connectivity index is 2.56. The molecule has 0 amide bonds. The highest BCUT2D eigenvalue weighted by Gasteiger charge is 2.17. The van der Waals surface area contributed by atoms with Crippen molar-refractivity contribution in [1.82, 2.24) is 14.8 Å². The number of aryl methyl sites for hydroxylation is 1. The molecule has 0 atom stereocenters. The molecule has 0 aliphatic carbocycles. The van der Waals surface area contributed by atoms with Gasteiger partial charge in [-0.25, -0.2) is 18.9 Å². The molecule has 0 fully saturated rings. The molecule has 0 unspecified atom stereocenters. The summed E-state index contributed by atoms with van der Waals surface area (Å²) >= 11 is 3.24. The van der Waals surface area contributed by atoms with E-state index in [-0.39, 0.29) is 11.6 Å². The number of nitrogens with zero attached hydrogens (tertiary/aromatic N) is 3. The maximum atomic E-state index is 13.1. The molecule has 7 heteroatoms. The van der Waals surface area contributed by atoms with Crippen LogP contribution in [0.1, 0.15) is 29.8 Å². The van der Waals surface area contributed by atoms with Crippen LogP contribution in [0.25, 0.3) is 5.69 Å². The van der Waals surface area contributed by atoms with Crippen LogP contribution in [0.4, 0.5) is 4.39 Å². The van der Waals surface area contributed by atoms with Crippen LogP contribution < -0.4 is 0 Å². The second kappa shape index (κ2) is 5.48. The van der Waals surface area contributed by atoms with Gasteiger partial charge in [0.1, 0.15) is 11.6 Å². The zero-order chi connectivity index (χ0) is 14.0. The molecule has 5 nitrogen and oxygen atoms in total. The summed E-state index contributed by atoms with van der Waals surface area (Å²) in [6.07, 6.45) is 1.39. The van der Waals surface area contributed by atoms with Crippen molar-refractivity contribution in [3.8, 4) is 5.69 Å². The molecule has 1 N–H and O–H groups in total. The second-order valence-electron chi connectivity index (χ2n) is 3.91. The molecule has 0 radical (unpaired) electrons. The van der Waals surface area contributed by atoms with Crippen LogP contribution in [-0.2, 0) is 6.42 Å². The van der Waals surface area contributed by atoms with Crippen LogP contribution in [0.3, 0.4) is 0 Å². The van der Waals surface area contributed by atoms with Crippen LogP contribution >= 0.6 is 15.9 Å². The minimum absolute atomic E-state index is 0.264. The third kappa shape index (κ3) is 2.81. The number of rotatable bonds is 4. The van der Waals surface area contributed by atoms with E-state index in [4.69, 9.17) is 5.11 Å². The van der Waals surface area contributed by atoms with Gasteiger partial charge in [0, 0.05) is 10.9 Å². The lowest BCUT2D eigenvalue weighted by Crippen LogP contribution is -2.05. The molecule has 1 aromatic heterocycles. The summed E-state index contributed by atoms with van der Waals surface area (Å²) in [5.74, 6) is -1.30. The highest BCUT2D eigenvalue weighted by Crippen LogP contribution is 2.23. The van der Waals surface area contributed by atoms with Crippen molar-refractivity contribution in [2.45, 2.75) is 19.8 Å². The van der Waals surface area contributed by atoms with E-state index in [1.54, 1.807) is 0 Å². The Labute approximate surface area is 117 Å². The van der Waals surface area contributed by atoms with Gasteiger partial charge < -0.3 is 5.11 Å². The number of hydrogen-bond donors (Lipinski definition) is 1. The van der Waals surface area contributed by atoms with E-state index in [0.29, 0.717) is 22.4 Å². The van der Waals surface area contributed by atoms with E-state index >= 15 is 0 Å². The lowest BCUT2D eigenvalue weighted by atomic mass is 10.3. The van der Waals surface area contributed by atoms with Crippen molar-refractivity contribution < 1.29 is 14.3 Å². The summed E-state index contributed by atoms with van der Waals surface area (Å²) in [7, 11) is 0. The van der Waals surface area contributed by atoms with Gasteiger partial charge in [0.05, 0.1) is 5.69 Å². The van der Waals surface area contributed by atoms with Gasteiger partial charge >= 0.3 is 5.97 Å². The lowest BCUT2D eigenvalue weighted by Gasteiger charge is -2.07. The minimum atomic E-state index is -1.19. The van der Waals surface area contributed by atoms with E-state index in [1.807, 2.05) is 6.92 Å². The summed E-state index contributed by atoms with van der Waals surface area (Å²) in [5.41, 5.74) is 0.560. The molecular weight excluding hydrogens is 317 g/mol. The quantitative estimate of drug-likeness (QED) is 0.937. The summed E-state index contributed by atoms with van der Waals surface area (Å²) in [4.78, 5) is 14.9. The fourth-order valence-electron chi connectivity index (χ4n) is 1.67. The van der Waals surface area contributed by atoms with Crippen LogP contribution in [0.15, 0.2) is 22.7 Å². The standard InChI is InChI=1S/C12H11BrFN3O2/c1-2-3-10-15-11(12(18)19)16-17(10)9-5-4-7(14)6-8(9)13/h4-6H,2-3H2,1H3,(H,18,19). The molecule has 0 saturated heterocycles. The Morgan fingerprint density at radius 2 is 2.26 bits per heavy atom. The van der Waals surface area contributed by atoms with E-state index in [1.165, 1.54) is 22.9 Å². The molecule has 1 aromatic carbocycles. The first kappa shape index (κ1) is 13.7. The van der Waals surface area contributed by atoms with Gasteiger partial charge in [-0.3, -0.25) is 0 Å². The van der Waals surface area contributed by atoms with E-state index < -0.39 is 5.97 Å². The van der Waals surface area contributed by atoms with E-state index in [9.17, 15) is 9.18 Å². The van der Waals surface area contributed by atoms with Crippen molar-refractivity contribution in [1.29, 1.82) is 0 Å². The van der Waals surface area contributed by atoms with Crippen LogP contribution in [0.2, 0.25) is 0 Å². The molecule has 2 aromatic rings. The minimum Gasteiger partial charge on any atom is -0.475 e. The molecule has 2 rings (SSSR count). The molecule has 0 spiro atoms. The average Bonchev–Trinajstić information content (AvgIpc) is 2.74. The number of carbonyl (C=O) groups is 1. The van der Waals surface area contributed by atoms with Gasteiger partial charge in [0.25, 0.3) is 5.82 Å². The predicted octanol–water partition coefficient (Wildman–Crippen LogP) is 2.82. The number of aromatic carboxylic acids is 1. The number of aromatic nitrogens is 3. The first-order valence-corrected chi connectivity index (χ1v) is 6.47. The van der Waals surface area contributed by atoms with Crippen LogP contribution in [0, 0.1) is 5.82 Å². The van der Waals surface area contributed by atoms with Gasteiger partial charge in [-0.2, -0.15) is 0 Å². The largest absolute Gasteiger partial charge is 0.475 e. The zero-order valence-electron chi connectivity index (χ0n) is 10.1. The summed E-state index contributed by atoms with van der Waals surface area (Å²) < 4.78 is 15.0. The van der Waals surface area contributed by atoms with Crippen LogP contribution in [-0.4, -0.2) is 25.8 Å². The number of benzene rings is 1. The molecule has 1 heterocycles. The molecule has 100 valence electrons. The Bertz CT molecular complexity index is 627. The third-order valence-electron chi connectivity index (χ3n) is 2.48. The normalized spacial score (nSPS) is 10.7. The molecule has 19 heavy (non-hydrogen) atoms. The molecule has 0 saturated carbocycles. The van der Waals surface area contributed by atoms with Crippen molar-refractivity contribution in [2.24, 2.45) is 0 Å². The van der Waals surface area contributed by atoms with Gasteiger partial charge in [-0.15, -0.1) is 5.10 Å². The molecule has 0 aliphatic heterocycles. The van der Waals surface area contributed by atoms with Gasteiger partial charge in [-0.1, -0.05) is 6.92 Å². The first-order valence-electron chi connectivity index (χ1n) is 5.67. The maximum Gasteiger partial charge on any atom is 0.375 e. The zero-order valence-corrected chi connectivity index (χ0v) is 11.7. The average molecular weight is 328 g/mol. The van der Waals surface area contributed by atoms with Crippen LogP contribution in [0.5, 0.6) is 0 Å². The van der Waals surface area contributed by atoms with Gasteiger partial charge in [0.15, 0.2) is 0 Å². The lowest BCUT2D eigenvalue weighted by molar-refractivity contribution is 0.0683. The Morgan fingerprint density at radius 3 is 2.84 bits per heavy atom. The number of carboxylic acids is 1. The Kier molecular flexibility index (Phi) is 3.94. The number of hydrogen-bond acceptors (Lipinski definition) is 3. The topological polar surface area (TPSA) is 68.0 Å². The first-order chi connectivity index (χ1) is 9.02. The number of halogens is 2. The maximum absolute atomic E-state index is 13.1. The summed E-state index contributed by atoms with van der Waals surface area (Å²) in [5, 5.41) is 12.9. The predicted molar refractivity (Wildman–Crippen MR) is 70.0 cm³/mol. The van der Waals surface area contributed by atoms with Crippen molar-refractivity contribution >= 4 is 21.9 Å². The third-order valence-corrected chi connectivity index (χ3v) is 3.11. The number of carboxylic acid groups (broad SMARTS) is 1. The highest BCUT2D eigenvalue weighted by molar-refractivity contribution is 9.10. The highest BCUT2D eigenvalue weighted by atomic mass is 79.9. The van der Waals surface area contributed by atoms with Gasteiger partial charge in [0.2, 0.25) is 0 Å². The smallest absolute Gasteiger partial charge is 0.375 e. The SMILES string of the molecule is CCCc1nc(C(=O)O)nn1-c1ccc(F)cc1Br. The fourth-order valence-corrected chi connectivity index (χ4v) is 2.19. The fraction of sp³-hybridized carbons (Fsp3) is 0.250. The van der Waals surface area contributed by atoms with Crippen molar-refractivity contribution in [2.75, 3.05) is 0 Å². The molecule has 0 aliphatic rings. The molecule has 0 bridgehead atoms. The Morgan fingerprint density at radius 1 is 1.53 bits per heavy atom. The summed E-state index contributed by atoms with van der Waals surface area (Å²) in [6.45, 7) is 1.96. The van der Waals surface area contributed by atoms with Crippen molar-refractivity contribution in [3.05, 3.63) is 40.1 Å². The Hall–Kier alpha value is -1.76. The second-order valence-corrected chi connectivity index (χ2v) is 4.77.